The van der Waals surface area contributed by atoms with E-state index in [2.05, 4.69) is 21.3 Å². The average molecular weight is 371 g/mol. The van der Waals surface area contributed by atoms with Gasteiger partial charge in [0.1, 0.15) is 23.0 Å². The molecule has 0 saturated heterocycles. The number of thioether (sulfide) groups is 1. The SMILES string of the molecule is CC[n+]1cc(/N=C(/[O-])CSc2nc(N)c(C#N)c(C(C)C)c2C#N)on1. The molecule has 134 valence electrons. The molecule has 0 spiro atoms. The standard InChI is InChI=1S/C16H17N7O2S/c1-4-23-7-13(25-22-23)20-12(24)8-26-16-11(6-18)14(9(2)3)10(5-17)15(19)21-16/h7,9H,4,8H2,1-3H3,(H2-,19,20,21,22,24). The summed E-state index contributed by atoms with van der Waals surface area (Å²) in [5.41, 5.74) is 6.84. The van der Waals surface area contributed by atoms with Crippen molar-refractivity contribution < 1.29 is 14.3 Å². The molecule has 0 aliphatic rings. The molecule has 0 aliphatic carbocycles. The van der Waals surface area contributed by atoms with Crippen LogP contribution in [0.3, 0.4) is 0 Å². The monoisotopic (exact) mass is 371 g/mol. The highest BCUT2D eigenvalue weighted by Crippen LogP contribution is 2.32. The molecule has 0 bridgehead atoms. The molecule has 0 fully saturated rings. The maximum atomic E-state index is 12.0. The molecule has 26 heavy (non-hydrogen) atoms. The number of rotatable bonds is 6. The van der Waals surface area contributed by atoms with E-state index in [1.165, 1.54) is 10.9 Å². The van der Waals surface area contributed by atoms with Gasteiger partial charge in [-0.15, -0.1) is 0 Å². The Hall–Kier alpha value is -3.11. The lowest BCUT2D eigenvalue weighted by atomic mass is 9.94. The summed E-state index contributed by atoms with van der Waals surface area (Å²) in [6.45, 7) is 6.19. The van der Waals surface area contributed by atoms with Crippen molar-refractivity contribution >= 4 is 29.4 Å². The highest BCUT2D eigenvalue weighted by Gasteiger charge is 2.21. The second-order valence-electron chi connectivity index (χ2n) is 5.53. The summed E-state index contributed by atoms with van der Waals surface area (Å²) in [6.07, 6.45) is 1.51. The van der Waals surface area contributed by atoms with Crippen molar-refractivity contribution in [1.82, 2.24) is 10.3 Å². The van der Waals surface area contributed by atoms with Crippen molar-refractivity contribution in [2.45, 2.75) is 38.3 Å². The van der Waals surface area contributed by atoms with Crippen molar-refractivity contribution in [1.29, 1.82) is 10.5 Å². The average Bonchev–Trinajstić information content (AvgIpc) is 3.06. The first-order valence-electron chi connectivity index (χ1n) is 7.78. The highest BCUT2D eigenvalue weighted by molar-refractivity contribution is 7.99. The van der Waals surface area contributed by atoms with Crippen LogP contribution in [0.25, 0.3) is 0 Å². The van der Waals surface area contributed by atoms with Gasteiger partial charge in [-0.2, -0.15) is 10.5 Å². The number of nitrogens with two attached hydrogens (primary N) is 1. The predicted molar refractivity (Wildman–Crippen MR) is 92.4 cm³/mol. The van der Waals surface area contributed by atoms with E-state index >= 15 is 0 Å². The van der Waals surface area contributed by atoms with Crippen LogP contribution in [0.4, 0.5) is 11.7 Å². The number of aryl methyl sites for hydroxylation is 1. The Morgan fingerprint density at radius 1 is 1.42 bits per heavy atom. The van der Waals surface area contributed by atoms with Gasteiger partial charge in [-0.25, -0.2) is 9.98 Å². The van der Waals surface area contributed by atoms with Gasteiger partial charge in [-0.1, -0.05) is 30.3 Å². The van der Waals surface area contributed by atoms with E-state index < -0.39 is 5.90 Å². The van der Waals surface area contributed by atoms with Crippen LogP contribution < -0.4 is 15.5 Å². The van der Waals surface area contributed by atoms with Gasteiger partial charge in [0.05, 0.1) is 11.1 Å². The first-order valence-corrected chi connectivity index (χ1v) is 8.77. The van der Waals surface area contributed by atoms with E-state index in [4.69, 9.17) is 10.3 Å². The molecule has 0 amide bonds. The lowest BCUT2D eigenvalue weighted by Gasteiger charge is -2.16. The number of anilines is 1. The molecule has 2 aromatic heterocycles. The maximum Gasteiger partial charge on any atom is 0.320 e. The van der Waals surface area contributed by atoms with Gasteiger partial charge in [0, 0.05) is 5.75 Å². The summed E-state index contributed by atoms with van der Waals surface area (Å²) in [4.78, 5) is 7.92. The molecule has 10 heteroatoms. The van der Waals surface area contributed by atoms with Crippen molar-refractivity contribution in [2.75, 3.05) is 11.5 Å². The fourth-order valence-corrected chi connectivity index (χ4v) is 3.05. The van der Waals surface area contributed by atoms with Crippen LogP contribution >= 0.6 is 11.8 Å². The van der Waals surface area contributed by atoms with Gasteiger partial charge in [-0.05, 0) is 24.3 Å². The van der Waals surface area contributed by atoms with Gasteiger partial charge in [0.15, 0.2) is 6.54 Å². The number of aromatic nitrogens is 3. The topological polar surface area (TPSA) is 152 Å². The first-order chi connectivity index (χ1) is 12.4. The lowest BCUT2D eigenvalue weighted by Crippen LogP contribution is -2.32. The van der Waals surface area contributed by atoms with Gasteiger partial charge >= 0.3 is 5.88 Å². The molecule has 0 atom stereocenters. The summed E-state index contributed by atoms with van der Waals surface area (Å²) in [5, 5.41) is 34.8. The molecule has 2 aromatic rings. The Morgan fingerprint density at radius 2 is 2.12 bits per heavy atom. The minimum Gasteiger partial charge on any atom is -0.861 e. The Labute approximate surface area is 154 Å². The minimum atomic E-state index is -0.464. The van der Waals surface area contributed by atoms with Crippen molar-refractivity contribution in [2.24, 2.45) is 4.99 Å². The third-order valence-electron chi connectivity index (χ3n) is 3.42. The highest BCUT2D eigenvalue weighted by atomic mass is 32.2. The summed E-state index contributed by atoms with van der Waals surface area (Å²) >= 11 is 1.04. The first kappa shape index (κ1) is 19.2. The maximum absolute atomic E-state index is 12.0. The fraction of sp³-hybridized carbons (Fsp3) is 0.375. The number of nitrogen functional groups attached to an aromatic ring is 1. The van der Waals surface area contributed by atoms with E-state index in [-0.39, 0.29) is 34.5 Å². The zero-order valence-corrected chi connectivity index (χ0v) is 15.4. The number of nitrogens with zero attached hydrogens (tertiary/aromatic N) is 6. The molecule has 0 radical (unpaired) electrons. The number of aliphatic imine (C=N–C) groups is 1. The van der Waals surface area contributed by atoms with Crippen LogP contribution in [0.5, 0.6) is 0 Å². The predicted octanol–water partition coefficient (Wildman–Crippen LogP) is 1.01. The molecular weight excluding hydrogens is 354 g/mol. The summed E-state index contributed by atoms with van der Waals surface area (Å²) in [7, 11) is 0. The van der Waals surface area contributed by atoms with Gasteiger partial charge in [0.25, 0.3) is 6.20 Å². The number of hydrogen-bond donors (Lipinski definition) is 1. The normalized spacial score (nSPS) is 11.4. The second kappa shape index (κ2) is 8.32. The van der Waals surface area contributed by atoms with E-state index in [1.54, 1.807) is 0 Å². The van der Waals surface area contributed by atoms with Crippen LogP contribution in [0.1, 0.15) is 43.4 Å². The number of nitriles is 2. The van der Waals surface area contributed by atoms with Gasteiger partial charge in [0.2, 0.25) is 5.27 Å². The van der Waals surface area contributed by atoms with Crippen LogP contribution in [0.15, 0.2) is 20.7 Å². The Balaban J connectivity index is 2.29. The van der Waals surface area contributed by atoms with E-state index in [9.17, 15) is 15.6 Å². The molecule has 0 aliphatic heterocycles. The Bertz CT molecular complexity index is 922. The molecule has 0 saturated carbocycles. The molecule has 0 unspecified atom stereocenters. The Kier molecular flexibility index (Phi) is 6.15. The molecule has 0 aromatic carbocycles. The van der Waals surface area contributed by atoms with Crippen LogP contribution in [-0.2, 0) is 6.54 Å². The van der Waals surface area contributed by atoms with Crippen LogP contribution in [0, 0.1) is 22.7 Å². The molecular formula is C16H17N7O2S. The molecule has 2 N–H and O–H groups in total. The third-order valence-corrected chi connectivity index (χ3v) is 4.38. The third kappa shape index (κ3) is 4.10. The van der Waals surface area contributed by atoms with Gasteiger partial charge in [-0.3, -0.25) is 4.52 Å². The summed E-state index contributed by atoms with van der Waals surface area (Å²) in [5.74, 6) is -0.469. The summed E-state index contributed by atoms with van der Waals surface area (Å²) in [6, 6.07) is 4.07. The van der Waals surface area contributed by atoms with E-state index in [0.717, 1.165) is 11.8 Å². The van der Waals surface area contributed by atoms with Crippen molar-refractivity contribution in [3.05, 3.63) is 22.9 Å². The Morgan fingerprint density at radius 3 is 2.65 bits per heavy atom. The molecule has 2 rings (SSSR count). The van der Waals surface area contributed by atoms with Gasteiger partial charge < -0.3 is 10.8 Å². The lowest BCUT2D eigenvalue weighted by molar-refractivity contribution is -0.759. The zero-order valence-electron chi connectivity index (χ0n) is 14.6. The van der Waals surface area contributed by atoms with Crippen molar-refractivity contribution in [3.63, 3.8) is 0 Å². The van der Waals surface area contributed by atoms with Crippen molar-refractivity contribution in [3.8, 4) is 12.1 Å². The smallest absolute Gasteiger partial charge is 0.320 e. The van der Waals surface area contributed by atoms with E-state index in [0.29, 0.717) is 17.1 Å². The number of pyridine rings is 1. The summed E-state index contributed by atoms with van der Waals surface area (Å²) < 4.78 is 6.42. The molecule has 2 heterocycles. The zero-order chi connectivity index (χ0) is 19.3. The second-order valence-corrected chi connectivity index (χ2v) is 6.50. The molecule has 9 nitrogen and oxygen atoms in total. The minimum absolute atomic E-state index is 0.0429. The van der Waals surface area contributed by atoms with Crippen LogP contribution in [-0.4, -0.2) is 21.9 Å². The van der Waals surface area contributed by atoms with E-state index in [1.807, 2.05) is 26.8 Å². The quantitative estimate of drug-likeness (QED) is 0.342. The number of hydrogen-bond acceptors (Lipinski definition) is 9. The van der Waals surface area contributed by atoms with Crippen LogP contribution in [0.2, 0.25) is 0 Å². The fourth-order valence-electron chi connectivity index (χ4n) is 2.26. The largest absolute Gasteiger partial charge is 0.861 e.